The van der Waals surface area contributed by atoms with Gasteiger partial charge >= 0.3 is 6.09 Å². The van der Waals surface area contributed by atoms with E-state index in [1.165, 1.54) is 0 Å². The van der Waals surface area contributed by atoms with Crippen molar-refractivity contribution < 1.29 is 9.53 Å². The number of hydrogen-bond donors (Lipinski definition) is 2. The van der Waals surface area contributed by atoms with E-state index in [2.05, 4.69) is 15.6 Å². The van der Waals surface area contributed by atoms with Crippen molar-refractivity contribution in [1.29, 1.82) is 0 Å². The molecule has 0 bridgehead atoms. The lowest BCUT2D eigenvalue weighted by Crippen LogP contribution is -2.43. The maximum absolute atomic E-state index is 11.6. The molecule has 2 N–H and O–H groups in total. The van der Waals surface area contributed by atoms with Crippen LogP contribution in [0.2, 0.25) is 5.02 Å². The third-order valence-corrected chi connectivity index (χ3v) is 3.38. The van der Waals surface area contributed by atoms with E-state index in [0.29, 0.717) is 19.6 Å². The zero-order valence-corrected chi connectivity index (χ0v) is 18.5. The summed E-state index contributed by atoms with van der Waals surface area (Å²) in [6.45, 7) is 7.11. The molecule has 0 aliphatic heterocycles. The van der Waals surface area contributed by atoms with Gasteiger partial charge in [-0.3, -0.25) is 4.99 Å². The van der Waals surface area contributed by atoms with Gasteiger partial charge in [-0.15, -0.1) is 24.0 Å². The van der Waals surface area contributed by atoms with Crippen molar-refractivity contribution in [3.8, 4) is 0 Å². The van der Waals surface area contributed by atoms with Gasteiger partial charge in [-0.05, 0) is 32.4 Å². The standard InChI is InChI=1S/C17H27ClN4O2.HI/c1-17(2,3)24-16(23)21-11-10-20-15(19-4)22(5)12-13-8-6-7-9-14(13)18;/h6-9H,10-12H2,1-5H3,(H,19,20)(H,21,23);1H. The van der Waals surface area contributed by atoms with Crippen molar-refractivity contribution >= 4 is 47.6 Å². The minimum Gasteiger partial charge on any atom is -0.444 e. The second-order valence-corrected chi connectivity index (χ2v) is 6.76. The van der Waals surface area contributed by atoms with Gasteiger partial charge in [0.1, 0.15) is 5.60 Å². The van der Waals surface area contributed by atoms with E-state index in [1.807, 2.05) is 57.0 Å². The summed E-state index contributed by atoms with van der Waals surface area (Å²) in [4.78, 5) is 17.8. The minimum absolute atomic E-state index is 0. The van der Waals surface area contributed by atoms with E-state index in [-0.39, 0.29) is 24.0 Å². The van der Waals surface area contributed by atoms with E-state index in [0.717, 1.165) is 16.5 Å². The van der Waals surface area contributed by atoms with E-state index < -0.39 is 11.7 Å². The molecule has 8 heteroatoms. The number of halogens is 2. The Bertz CT molecular complexity index is 576. The van der Waals surface area contributed by atoms with Gasteiger partial charge in [-0.2, -0.15) is 0 Å². The molecule has 0 radical (unpaired) electrons. The Morgan fingerprint density at radius 1 is 1.24 bits per heavy atom. The van der Waals surface area contributed by atoms with E-state index >= 15 is 0 Å². The maximum Gasteiger partial charge on any atom is 0.407 e. The highest BCUT2D eigenvalue weighted by Gasteiger charge is 2.15. The summed E-state index contributed by atoms with van der Waals surface area (Å²) in [6, 6.07) is 7.71. The molecule has 0 spiro atoms. The molecular weight excluding hydrogens is 455 g/mol. The molecule has 0 saturated carbocycles. The Labute approximate surface area is 172 Å². The first-order valence-electron chi connectivity index (χ1n) is 7.85. The van der Waals surface area contributed by atoms with Crippen molar-refractivity contribution in [3.63, 3.8) is 0 Å². The molecule has 0 heterocycles. The topological polar surface area (TPSA) is 66.0 Å². The van der Waals surface area contributed by atoms with Crippen molar-refractivity contribution in [1.82, 2.24) is 15.5 Å². The summed E-state index contributed by atoms with van der Waals surface area (Å²) in [5, 5.41) is 6.62. The molecule has 1 aromatic rings. The monoisotopic (exact) mass is 482 g/mol. The molecule has 1 amide bonds. The number of aliphatic imine (C=N–C) groups is 1. The van der Waals surface area contributed by atoms with Crippen LogP contribution < -0.4 is 10.6 Å². The number of alkyl carbamates (subject to hydrolysis) is 1. The number of guanidine groups is 1. The summed E-state index contributed by atoms with van der Waals surface area (Å²) in [6.07, 6.45) is -0.427. The van der Waals surface area contributed by atoms with Gasteiger partial charge in [0.2, 0.25) is 0 Å². The molecule has 142 valence electrons. The second-order valence-electron chi connectivity index (χ2n) is 6.35. The largest absolute Gasteiger partial charge is 0.444 e. The van der Waals surface area contributed by atoms with Gasteiger partial charge in [0.25, 0.3) is 0 Å². The molecular formula is C17H28ClIN4O2. The fourth-order valence-corrected chi connectivity index (χ4v) is 2.19. The number of benzene rings is 1. The molecule has 0 aromatic heterocycles. The molecule has 25 heavy (non-hydrogen) atoms. The number of rotatable bonds is 5. The fraction of sp³-hybridized carbons (Fsp3) is 0.529. The number of nitrogens with zero attached hydrogens (tertiary/aromatic N) is 2. The zero-order chi connectivity index (χ0) is 18.2. The number of nitrogens with one attached hydrogen (secondary N) is 2. The molecule has 0 saturated heterocycles. The molecule has 1 rings (SSSR count). The van der Waals surface area contributed by atoms with Gasteiger partial charge in [0, 0.05) is 38.8 Å². The average Bonchev–Trinajstić information content (AvgIpc) is 2.47. The Kier molecular flexibility index (Phi) is 10.8. The predicted molar refractivity (Wildman–Crippen MR) is 114 cm³/mol. The Morgan fingerprint density at radius 3 is 2.40 bits per heavy atom. The van der Waals surface area contributed by atoms with Crippen molar-refractivity contribution in [3.05, 3.63) is 34.9 Å². The van der Waals surface area contributed by atoms with Crippen molar-refractivity contribution in [2.45, 2.75) is 32.9 Å². The molecule has 0 aliphatic rings. The minimum atomic E-state index is -0.497. The molecule has 0 fully saturated rings. The van der Waals surface area contributed by atoms with Crippen LogP contribution in [0.5, 0.6) is 0 Å². The fourth-order valence-electron chi connectivity index (χ4n) is 1.99. The van der Waals surface area contributed by atoms with Crippen molar-refractivity contribution in [2.24, 2.45) is 4.99 Å². The predicted octanol–water partition coefficient (Wildman–Crippen LogP) is 3.49. The number of hydrogen-bond acceptors (Lipinski definition) is 3. The highest BCUT2D eigenvalue weighted by Crippen LogP contribution is 2.16. The lowest BCUT2D eigenvalue weighted by atomic mass is 10.2. The van der Waals surface area contributed by atoms with E-state index in [9.17, 15) is 4.79 Å². The number of carbonyl (C=O) groups is 1. The van der Waals surface area contributed by atoms with Crippen LogP contribution in [0, 0.1) is 0 Å². The third kappa shape index (κ3) is 9.74. The van der Waals surface area contributed by atoms with Crippen LogP contribution in [-0.2, 0) is 11.3 Å². The van der Waals surface area contributed by atoms with Gasteiger partial charge in [0.05, 0.1) is 0 Å². The summed E-state index contributed by atoms with van der Waals surface area (Å²) in [7, 11) is 3.65. The van der Waals surface area contributed by atoms with Crippen molar-refractivity contribution in [2.75, 3.05) is 27.2 Å². The highest BCUT2D eigenvalue weighted by atomic mass is 127. The smallest absolute Gasteiger partial charge is 0.407 e. The van der Waals surface area contributed by atoms with E-state index in [4.69, 9.17) is 16.3 Å². The normalized spacial score (nSPS) is 11.4. The second kappa shape index (κ2) is 11.4. The summed E-state index contributed by atoms with van der Waals surface area (Å²) in [5.41, 5.74) is 0.527. The Balaban J connectivity index is 0.00000576. The van der Waals surface area contributed by atoms with Crippen LogP contribution in [0.1, 0.15) is 26.3 Å². The lowest BCUT2D eigenvalue weighted by Gasteiger charge is -2.23. The quantitative estimate of drug-likeness (QED) is 0.292. The first-order valence-corrected chi connectivity index (χ1v) is 8.23. The maximum atomic E-state index is 11.6. The Morgan fingerprint density at radius 2 is 1.84 bits per heavy atom. The molecule has 0 atom stereocenters. The molecule has 0 aliphatic carbocycles. The lowest BCUT2D eigenvalue weighted by molar-refractivity contribution is 0.0529. The van der Waals surface area contributed by atoms with Crippen LogP contribution in [0.4, 0.5) is 4.79 Å². The van der Waals surface area contributed by atoms with Gasteiger partial charge in [0.15, 0.2) is 5.96 Å². The van der Waals surface area contributed by atoms with Crippen LogP contribution in [-0.4, -0.2) is 49.7 Å². The SMILES string of the molecule is CN=C(NCCNC(=O)OC(C)(C)C)N(C)Cc1ccccc1Cl.I. The van der Waals surface area contributed by atoms with Crippen LogP contribution in [0.3, 0.4) is 0 Å². The van der Waals surface area contributed by atoms with Crippen LogP contribution in [0.25, 0.3) is 0 Å². The van der Waals surface area contributed by atoms with Gasteiger partial charge in [-0.1, -0.05) is 29.8 Å². The number of ether oxygens (including phenoxy) is 1. The highest BCUT2D eigenvalue weighted by molar-refractivity contribution is 14.0. The van der Waals surface area contributed by atoms with Gasteiger partial charge < -0.3 is 20.3 Å². The first kappa shape index (κ1) is 23.8. The number of carbonyl (C=O) groups excluding carboxylic acids is 1. The first-order chi connectivity index (χ1) is 11.2. The molecule has 1 aromatic carbocycles. The Hall–Kier alpha value is -1.22. The zero-order valence-electron chi connectivity index (χ0n) is 15.4. The van der Waals surface area contributed by atoms with E-state index in [1.54, 1.807) is 7.05 Å². The summed E-state index contributed by atoms with van der Waals surface area (Å²) < 4.78 is 5.18. The van der Waals surface area contributed by atoms with Crippen LogP contribution >= 0.6 is 35.6 Å². The molecule has 0 unspecified atom stereocenters. The summed E-state index contributed by atoms with van der Waals surface area (Å²) in [5.74, 6) is 0.723. The number of amides is 1. The third-order valence-electron chi connectivity index (χ3n) is 3.02. The summed E-state index contributed by atoms with van der Waals surface area (Å²) >= 11 is 6.18. The van der Waals surface area contributed by atoms with Gasteiger partial charge in [-0.25, -0.2) is 4.79 Å². The molecule has 6 nitrogen and oxygen atoms in total. The average molecular weight is 483 g/mol. The van der Waals surface area contributed by atoms with Crippen LogP contribution in [0.15, 0.2) is 29.3 Å².